The fourth-order valence-electron chi connectivity index (χ4n) is 3.01. The van der Waals surface area contributed by atoms with Gasteiger partial charge in [0.2, 0.25) is 0 Å². The van der Waals surface area contributed by atoms with Gasteiger partial charge >= 0.3 is 0 Å². The average molecular weight is 373 g/mol. The second-order valence-corrected chi connectivity index (χ2v) is 7.80. The van der Waals surface area contributed by atoms with Crippen LogP contribution in [0.2, 0.25) is 0 Å². The molecule has 0 bridgehead atoms. The van der Waals surface area contributed by atoms with Crippen LogP contribution in [0.15, 0.2) is 54.6 Å². The molecule has 0 atom stereocenters. The van der Waals surface area contributed by atoms with Gasteiger partial charge in [-0.25, -0.2) is 0 Å². The van der Waals surface area contributed by atoms with Crippen LogP contribution in [0.5, 0.6) is 5.75 Å². The molecule has 2 rings (SSSR count). The maximum Gasteiger partial charge on any atom is 0.126 e. The van der Waals surface area contributed by atoms with E-state index in [1.165, 1.54) is 22.6 Å². The molecule has 0 unspecified atom stereocenters. The van der Waals surface area contributed by atoms with Crippen molar-refractivity contribution in [1.29, 1.82) is 0 Å². The maximum absolute atomic E-state index is 5.80. The van der Waals surface area contributed by atoms with Gasteiger partial charge in [0.1, 0.15) is 25.4 Å². The van der Waals surface area contributed by atoms with Crippen LogP contribution in [0.3, 0.4) is 0 Å². The van der Waals surface area contributed by atoms with Crippen molar-refractivity contribution in [2.24, 2.45) is 0 Å². The number of hydrogen-bond acceptors (Lipinski definition) is 2. The molecule has 0 spiro atoms. The van der Waals surface area contributed by atoms with Crippen LogP contribution >= 0.6 is 0 Å². The smallest absolute Gasteiger partial charge is 0.126 e. The predicted molar refractivity (Wildman–Crippen MR) is 111 cm³/mol. The van der Waals surface area contributed by atoms with E-state index >= 15 is 0 Å². The molecule has 2 aromatic carbocycles. The summed E-state index contributed by atoms with van der Waals surface area (Å²) in [5.41, 5.74) is 2.58. The van der Waals surface area contributed by atoms with Gasteiger partial charge in [-0.3, -0.25) is 0 Å². The Morgan fingerprint density at radius 2 is 1.48 bits per heavy atom. The molecule has 27 heavy (non-hydrogen) atoms. The van der Waals surface area contributed by atoms with Crippen LogP contribution in [0.25, 0.3) is 0 Å². The lowest BCUT2D eigenvalue weighted by atomic mass is 9.78. The van der Waals surface area contributed by atoms with E-state index in [4.69, 9.17) is 9.47 Å². The number of benzene rings is 2. The van der Waals surface area contributed by atoms with Gasteiger partial charge in [0.15, 0.2) is 0 Å². The van der Waals surface area contributed by atoms with E-state index in [9.17, 15) is 0 Å². The van der Waals surface area contributed by atoms with Gasteiger partial charge in [-0.1, -0.05) is 56.3 Å². The molecule has 0 fully saturated rings. The lowest BCUT2D eigenvalue weighted by Crippen LogP contribution is -3.09. The van der Waals surface area contributed by atoms with E-state index in [0.717, 1.165) is 25.4 Å². The van der Waals surface area contributed by atoms with Gasteiger partial charge in [0, 0.05) is 5.41 Å². The minimum absolute atomic E-state index is 0.0204. The minimum atomic E-state index is -0.0204. The third-order valence-corrected chi connectivity index (χ3v) is 4.88. The number of nitrogens with two attached hydrogens (primary N) is 1. The lowest BCUT2D eigenvalue weighted by Gasteiger charge is -2.26. The molecule has 0 amide bonds. The molecule has 0 radical (unpaired) electrons. The fourth-order valence-corrected chi connectivity index (χ4v) is 3.01. The van der Waals surface area contributed by atoms with Crippen molar-refractivity contribution in [2.75, 3.05) is 53.6 Å². The molecular formula is C23H36N2O2+2. The van der Waals surface area contributed by atoms with Crippen LogP contribution in [0.1, 0.15) is 25.0 Å². The summed E-state index contributed by atoms with van der Waals surface area (Å²) in [5, 5.41) is 2.31. The largest absolute Gasteiger partial charge is 0.491 e. The molecule has 4 heteroatoms. The van der Waals surface area contributed by atoms with Gasteiger partial charge in [0.25, 0.3) is 0 Å². The first kappa shape index (κ1) is 21.4. The molecule has 0 aromatic heterocycles. The van der Waals surface area contributed by atoms with E-state index in [-0.39, 0.29) is 5.41 Å². The summed E-state index contributed by atoms with van der Waals surface area (Å²) in [4.78, 5) is 1.48. The molecule has 0 aliphatic rings. The second kappa shape index (κ2) is 11.1. The molecule has 0 aliphatic carbocycles. The Balaban J connectivity index is 1.67. The summed E-state index contributed by atoms with van der Waals surface area (Å²) in [5.74, 6) is 0.895. The Kier molecular flexibility index (Phi) is 8.79. The Bertz CT molecular complexity index is 639. The molecule has 2 aromatic rings. The third-order valence-electron chi connectivity index (χ3n) is 4.88. The highest BCUT2D eigenvalue weighted by molar-refractivity contribution is 5.39. The van der Waals surface area contributed by atoms with E-state index in [2.05, 4.69) is 87.9 Å². The first-order valence-corrected chi connectivity index (χ1v) is 9.97. The average Bonchev–Trinajstić information content (AvgIpc) is 2.67. The highest BCUT2D eigenvalue weighted by atomic mass is 16.5. The zero-order valence-electron chi connectivity index (χ0n) is 17.3. The first-order valence-electron chi connectivity index (χ1n) is 9.97. The molecule has 0 saturated carbocycles. The Morgan fingerprint density at radius 1 is 0.815 bits per heavy atom. The normalized spacial score (nSPS) is 11.7. The Hall–Kier alpha value is -1.88. The van der Waals surface area contributed by atoms with Gasteiger partial charge in [-0.2, -0.15) is 0 Å². The van der Waals surface area contributed by atoms with Crippen LogP contribution in [0, 0.1) is 0 Å². The molecule has 0 heterocycles. The minimum Gasteiger partial charge on any atom is -0.491 e. The number of rotatable bonds is 12. The Labute approximate surface area is 164 Å². The van der Waals surface area contributed by atoms with Crippen LogP contribution in [-0.2, 0) is 10.2 Å². The van der Waals surface area contributed by atoms with Crippen molar-refractivity contribution in [3.63, 3.8) is 0 Å². The molecule has 4 nitrogen and oxygen atoms in total. The number of likely N-dealkylation sites (N-methyl/N-ethyl adjacent to an activating group) is 1. The second-order valence-electron chi connectivity index (χ2n) is 7.80. The van der Waals surface area contributed by atoms with Gasteiger partial charge in [-0.15, -0.1) is 0 Å². The van der Waals surface area contributed by atoms with Gasteiger partial charge < -0.3 is 19.7 Å². The monoisotopic (exact) mass is 372 g/mol. The van der Waals surface area contributed by atoms with Crippen molar-refractivity contribution < 1.29 is 19.7 Å². The SMILES string of the molecule is C[NH+](C)CC[NH2+]CCOCCOc1ccc(C(C)(C)c2ccccc2)cc1. The zero-order chi connectivity index (χ0) is 19.5. The maximum atomic E-state index is 5.80. The van der Waals surface area contributed by atoms with Gasteiger partial charge in [-0.05, 0) is 23.3 Å². The third kappa shape index (κ3) is 7.33. The van der Waals surface area contributed by atoms with Crippen LogP contribution in [0.4, 0.5) is 0 Å². The summed E-state index contributed by atoms with van der Waals surface area (Å²) in [6.07, 6.45) is 0. The van der Waals surface area contributed by atoms with E-state index in [1.807, 2.05) is 0 Å². The molecular weight excluding hydrogens is 336 g/mol. The molecule has 0 saturated heterocycles. The lowest BCUT2D eigenvalue weighted by molar-refractivity contribution is -0.874. The quantitative estimate of drug-likeness (QED) is 0.548. The molecule has 0 aliphatic heterocycles. The summed E-state index contributed by atoms with van der Waals surface area (Å²) < 4.78 is 11.4. The zero-order valence-corrected chi connectivity index (χ0v) is 17.3. The van der Waals surface area contributed by atoms with Crippen LogP contribution < -0.4 is 15.0 Å². The van der Waals surface area contributed by atoms with Crippen LogP contribution in [-0.4, -0.2) is 53.6 Å². The summed E-state index contributed by atoms with van der Waals surface area (Å²) in [6.45, 7) is 9.83. The van der Waals surface area contributed by atoms with Crippen molar-refractivity contribution >= 4 is 0 Å². The predicted octanol–water partition coefficient (Wildman–Crippen LogP) is 1.12. The number of quaternary nitrogens is 2. The van der Waals surface area contributed by atoms with E-state index in [0.29, 0.717) is 13.2 Å². The topological polar surface area (TPSA) is 39.5 Å². The van der Waals surface area contributed by atoms with Crippen molar-refractivity contribution in [3.05, 3.63) is 65.7 Å². The van der Waals surface area contributed by atoms with Crippen molar-refractivity contribution in [1.82, 2.24) is 0 Å². The molecule has 3 N–H and O–H groups in total. The fraction of sp³-hybridized carbons (Fsp3) is 0.478. The van der Waals surface area contributed by atoms with E-state index < -0.39 is 0 Å². The summed E-state index contributed by atoms with van der Waals surface area (Å²) in [7, 11) is 4.35. The van der Waals surface area contributed by atoms with E-state index in [1.54, 1.807) is 0 Å². The highest BCUT2D eigenvalue weighted by Crippen LogP contribution is 2.32. The number of nitrogens with one attached hydrogen (secondary N) is 1. The van der Waals surface area contributed by atoms with Crippen molar-refractivity contribution in [2.45, 2.75) is 19.3 Å². The first-order chi connectivity index (χ1) is 13.0. The highest BCUT2D eigenvalue weighted by Gasteiger charge is 2.22. The van der Waals surface area contributed by atoms with Gasteiger partial charge in [0.05, 0.1) is 33.9 Å². The number of hydrogen-bond donors (Lipinski definition) is 2. The molecule has 148 valence electrons. The standard InChI is InChI=1S/C23H34N2O2/c1-23(2,20-8-6-5-7-9-20)21-10-12-22(13-11-21)27-19-18-26-17-15-24-14-16-25(3)4/h5-13,24H,14-19H2,1-4H3/p+2. The van der Waals surface area contributed by atoms with Crippen molar-refractivity contribution in [3.8, 4) is 5.75 Å². The summed E-state index contributed by atoms with van der Waals surface area (Å²) in [6, 6.07) is 19.0. The summed E-state index contributed by atoms with van der Waals surface area (Å²) >= 11 is 0. The Morgan fingerprint density at radius 3 is 2.15 bits per heavy atom. The number of ether oxygens (including phenoxy) is 2.